The lowest BCUT2D eigenvalue weighted by Gasteiger charge is -2.32. The van der Waals surface area contributed by atoms with Crippen molar-refractivity contribution < 1.29 is 14.3 Å². The van der Waals surface area contributed by atoms with Gasteiger partial charge in [0.25, 0.3) is 0 Å². The number of rotatable bonds is 9. The van der Waals surface area contributed by atoms with Gasteiger partial charge in [0.2, 0.25) is 11.8 Å². The zero-order chi connectivity index (χ0) is 28.0. The average molecular weight is 553 g/mol. The van der Waals surface area contributed by atoms with Gasteiger partial charge in [-0.2, -0.15) is 0 Å². The van der Waals surface area contributed by atoms with Crippen molar-refractivity contribution in [3.8, 4) is 0 Å². The minimum absolute atomic E-state index is 0.0195. The van der Waals surface area contributed by atoms with Gasteiger partial charge < -0.3 is 10.1 Å². The molecule has 2 atom stereocenters. The van der Waals surface area contributed by atoms with Crippen LogP contribution in [0.3, 0.4) is 0 Å². The molecule has 2 aliphatic rings. The molecule has 6 rings (SSSR count). The Bertz CT molecular complexity index is 1460. The first-order valence-corrected chi connectivity index (χ1v) is 14.7. The molecule has 9 nitrogen and oxygen atoms in total. The van der Waals surface area contributed by atoms with E-state index in [0.29, 0.717) is 35.8 Å². The summed E-state index contributed by atoms with van der Waals surface area (Å²) in [6.45, 7) is 1.03. The lowest BCUT2D eigenvalue weighted by molar-refractivity contribution is -0.127. The van der Waals surface area contributed by atoms with Gasteiger partial charge in [0.05, 0.1) is 11.6 Å². The first-order valence-electron chi connectivity index (χ1n) is 14.7. The van der Waals surface area contributed by atoms with Crippen LogP contribution >= 0.6 is 0 Å². The number of nitrogens with one attached hydrogen (secondary N) is 1. The number of carbonyl (C=O) groups excluding carboxylic acids is 2. The van der Waals surface area contributed by atoms with E-state index in [2.05, 4.69) is 32.7 Å². The van der Waals surface area contributed by atoms with Gasteiger partial charge in [-0.1, -0.05) is 54.8 Å². The van der Waals surface area contributed by atoms with Gasteiger partial charge in [-0.15, -0.1) is 5.10 Å². The first-order chi connectivity index (χ1) is 20.2. The quantitative estimate of drug-likeness (QED) is 0.316. The number of ether oxygens (including phenoxy) is 1. The molecule has 1 saturated carbocycles. The van der Waals surface area contributed by atoms with Crippen LogP contribution in [0.15, 0.2) is 73.1 Å². The van der Waals surface area contributed by atoms with E-state index in [4.69, 9.17) is 4.74 Å². The maximum absolute atomic E-state index is 14.2. The minimum Gasteiger partial charge on any atom is -0.376 e. The molecule has 1 aliphatic carbocycles. The molecule has 212 valence electrons. The lowest BCUT2D eigenvalue weighted by Crippen LogP contribution is -2.46. The number of amides is 2. The number of nitrogens with zero attached hydrogens (tertiary/aromatic N) is 5. The molecular formula is C32H36N6O3. The molecule has 0 radical (unpaired) electrons. The molecular weight excluding hydrogens is 516 g/mol. The maximum atomic E-state index is 14.2. The number of aromatic nitrogens is 4. The largest absolute Gasteiger partial charge is 0.376 e. The van der Waals surface area contributed by atoms with Gasteiger partial charge >= 0.3 is 0 Å². The number of benzene rings is 2. The van der Waals surface area contributed by atoms with E-state index in [1.54, 1.807) is 28.0 Å². The maximum Gasteiger partial charge on any atom is 0.249 e. The molecule has 4 aromatic rings. The Kier molecular flexibility index (Phi) is 8.32. The topological polar surface area (TPSA) is 102 Å². The normalized spacial score (nSPS) is 18.3. The lowest BCUT2D eigenvalue weighted by atomic mass is 9.84. The molecule has 0 bridgehead atoms. The molecule has 0 spiro atoms. The van der Waals surface area contributed by atoms with Crippen LogP contribution in [-0.2, 0) is 20.9 Å². The molecule has 2 aromatic heterocycles. The van der Waals surface area contributed by atoms with E-state index in [0.717, 1.165) is 18.4 Å². The highest BCUT2D eigenvalue weighted by molar-refractivity contribution is 6.01. The minimum atomic E-state index is -0.923. The summed E-state index contributed by atoms with van der Waals surface area (Å²) in [5.41, 5.74) is 4.03. The first kappa shape index (κ1) is 27.1. The SMILES string of the molecule is O=C(NC[C@H]1CCCO1)[C@@H](c1cccnc1)N(C(=O)Cn1nnc2ccccc21)c1ccc(C2CCCCC2)cc1. The Hall–Kier alpha value is -4.11. The van der Waals surface area contributed by atoms with Gasteiger partial charge in [-0.25, -0.2) is 4.68 Å². The van der Waals surface area contributed by atoms with E-state index >= 15 is 0 Å². The van der Waals surface area contributed by atoms with E-state index in [1.807, 2.05) is 42.5 Å². The van der Waals surface area contributed by atoms with Crippen molar-refractivity contribution in [2.45, 2.75) is 69.6 Å². The van der Waals surface area contributed by atoms with Crippen LogP contribution < -0.4 is 10.2 Å². The molecule has 3 heterocycles. The van der Waals surface area contributed by atoms with E-state index < -0.39 is 6.04 Å². The fraction of sp³-hybridized carbons (Fsp3) is 0.406. The van der Waals surface area contributed by atoms with Crippen molar-refractivity contribution in [3.63, 3.8) is 0 Å². The van der Waals surface area contributed by atoms with Gasteiger partial charge in [0, 0.05) is 36.8 Å². The standard InChI is InChI=1S/C32H36N6O3/c39-30(22-37-29-13-5-4-12-28(29)35-36-37)38(26-16-14-24(15-17-26)23-8-2-1-3-9-23)31(25-10-6-18-33-20-25)32(40)34-21-27-11-7-19-41-27/h4-6,10,12-18,20,23,27,31H,1-3,7-9,11,19,21-22H2,(H,34,40)/t27-,31-/m1/s1. The molecule has 2 aromatic carbocycles. The number of para-hydroxylation sites is 1. The predicted octanol–water partition coefficient (Wildman–Crippen LogP) is 4.94. The molecule has 0 unspecified atom stereocenters. The molecule has 2 amide bonds. The van der Waals surface area contributed by atoms with Crippen LogP contribution in [0.1, 0.15) is 68.0 Å². The van der Waals surface area contributed by atoms with Crippen molar-refractivity contribution in [1.82, 2.24) is 25.3 Å². The fourth-order valence-electron chi connectivity index (χ4n) is 6.09. The van der Waals surface area contributed by atoms with Crippen molar-refractivity contribution in [1.29, 1.82) is 0 Å². The van der Waals surface area contributed by atoms with Crippen molar-refractivity contribution >= 4 is 28.5 Å². The Morgan fingerprint density at radius 2 is 1.80 bits per heavy atom. The van der Waals surface area contributed by atoms with E-state index in [9.17, 15) is 9.59 Å². The fourth-order valence-corrected chi connectivity index (χ4v) is 6.09. The molecule has 41 heavy (non-hydrogen) atoms. The molecule has 1 aliphatic heterocycles. The molecule has 9 heteroatoms. The molecule has 1 saturated heterocycles. The summed E-state index contributed by atoms with van der Waals surface area (Å²) in [5.74, 6) is -0.0128. The number of pyridine rings is 1. The number of fused-ring (bicyclic) bond motifs is 1. The predicted molar refractivity (Wildman–Crippen MR) is 156 cm³/mol. The molecule has 1 N–H and O–H groups in total. The van der Waals surface area contributed by atoms with E-state index in [-0.39, 0.29) is 24.5 Å². The third-order valence-corrected chi connectivity index (χ3v) is 8.26. The van der Waals surface area contributed by atoms with E-state index in [1.165, 1.54) is 37.7 Å². The van der Waals surface area contributed by atoms with Crippen LogP contribution in [0.25, 0.3) is 11.0 Å². The van der Waals surface area contributed by atoms with Gasteiger partial charge in [0.15, 0.2) is 0 Å². The third kappa shape index (κ3) is 6.15. The van der Waals surface area contributed by atoms with Crippen molar-refractivity contribution in [2.24, 2.45) is 0 Å². The number of hydrogen-bond donors (Lipinski definition) is 1. The van der Waals surface area contributed by atoms with Gasteiger partial charge in [-0.05, 0) is 67.5 Å². The summed E-state index contributed by atoms with van der Waals surface area (Å²) in [5, 5.41) is 11.5. The summed E-state index contributed by atoms with van der Waals surface area (Å²) in [6, 6.07) is 18.4. The van der Waals surface area contributed by atoms with Crippen LogP contribution in [-0.4, -0.2) is 51.0 Å². The Labute approximate surface area is 239 Å². The van der Waals surface area contributed by atoms with Crippen LogP contribution in [0.2, 0.25) is 0 Å². The van der Waals surface area contributed by atoms with Crippen LogP contribution in [0, 0.1) is 0 Å². The molecule has 2 fully saturated rings. The second-order valence-electron chi connectivity index (χ2n) is 11.0. The zero-order valence-corrected chi connectivity index (χ0v) is 23.2. The van der Waals surface area contributed by atoms with Crippen molar-refractivity contribution in [3.05, 3.63) is 84.2 Å². The summed E-state index contributed by atoms with van der Waals surface area (Å²) in [4.78, 5) is 34.0. The summed E-state index contributed by atoms with van der Waals surface area (Å²) in [6.07, 6.45) is 11.3. The second-order valence-corrected chi connectivity index (χ2v) is 11.0. The average Bonchev–Trinajstić information content (AvgIpc) is 3.70. The number of hydrogen-bond acceptors (Lipinski definition) is 6. The third-order valence-electron chi connectivity index (χ3n) is 8.26. The Morgan fingerprint density at radius 3 is 2.56 bits per heavy atom. The zero-order valence-electron chi connectivity index (χ0n) is 23.2. The van der Waals surface area contributed by atoms with Gasteiger partial charge in [-0.3, -0.25) is 19.5 Å². The van der Waals surface area contributed by atoms with Crippen LogP contribution in [0.4, 0.5) is 5.69 Å². The number of carbonyl (C=O) groups is 2. The van der Waals surface area contributed by atoms with Crippen molar-refractivity contribution in [2.75, 3.05) is 18.1 Å². The number of anilines is 1. The highest BCUT2D eigenvalue weighted by atomic mass is 16.5. The summed E-state index contributed by atoms with van der Waals surface area (Å²) < 4.78 is 7.33. The monoisotopic (exact) mass is 552 g/mol. The van der Waals surface area contributed by atoms with Gasteiger partial charge in [0.1, 0.15) is 18.1 Å². The smallest absolute Gasteiger partial charge is 0.249 e. The van der Waals surface area contributed by atoms with Crippen LogP contribution in [0.5, 0.6) is 0 Å². The summed E-state index contributed by atoms with van der Waals surface area (Å²) in [7, 11) is 0. The highest BCUT2D eigenvalue weighted by Crippen LogP contribution is 2.35. The summed E-state index contributed by atoms with van der Waals surface area (Å²) >= 11 is 0. The Morgan fingerprint density at radius 1 is 0.976 bits per heavy atom. The highest BCUT2D eigenvalue weighted by Gasteiger charge is 2.34. The Balaban J connectivity index is 1.35. The second kappa shape index (κ2) is 12.6.